The average Bonchev–Trinajstić information content (AvgIpc) is 2.03. The zero-order valence-electron chi connectivity index (χ0n) is 6.30. The Balaban J connectivity index is 3.13. The van der Waals surface area contributed by atoms with Crippen LogP contribution in [0, 0.1) is 11.0 Å². The van der Waals surface area contributed by atoms with Crippen molar-refractivity contribution < 1.29 is 18.0 Å². The van der Waals surface area contributed by atoms with E-state index in [-0.39, 0.29) is 10.6 Å². The number of hydrazine groups is 1. The van der Waals surface area contributed by atoms with Crippen LogP contribution in [0.1, 0.15) is 5.56 Å². The van der Waals surface area contributed by atoms with Gasteiger partial charge < -0.3 is 0 Å². The summed E-state index contributed by atoms with van der Waals surface area (Å²) >= 11 is 0. The summed E-state index contributed by atoms with van der Waals surface area (Å²) in [5, 5.41) is 0. The van der Waals surface area contributed by atoms with Gasteiger partial charge in [0.05, 0.1) is 10.5 Å². The Labute approximate surface area is 71.5 Å². The first-order chi connectivity index (χ1) is 5.91. The smallest absolute Gasteiger partial charge is 0.166 e. The standard InChI is InChI=1S/C7H5F3N2O/c8-7(9,10)5-2-1-3-6(4-5)12(11)13/h1,3-4H,(H2,11,13)/q+1. The molecule has 0 atom stereocenters. The fourth-order valence-corrected chi connectivity index (χ4v) is 0.755. The van der Waals surface area contributed by atoms with E-state index in [9.17, 15) is 18.1 Å². The molecule has 0 aromatic heterocycles. The second-order valence-electron chi connectivity index (χ2n) is 2.28. The number of nitroso groups, excluding NO2 is 1. The largest absolute Gasteiger partial charge is 0.417 e. The van der Waals surface area contributed by atoms with Crippen LogP contribution in [0.15, 0.2) is 18.2 Å². The molecule has 0 amide bonds. The van der Waals surface area contributed by atoms with Gasteiger partial charge in [-0.1, -0.05) is 0 Å². The SMILES string of the molecule is N[N+](=O)c1cc[c]c(C(F)(F)F)c1. The average molecular weight is 190 g/mol. The molecule has 1 radical (unpaired) electrons. The molecule has 0 aliphatic rings. The zero-order chi connectivity index (χ0) is 10.1. The second kappa shape index (κ2) is 3.04. The highest BCUT2D eigenvalue weighted by Crippen LogP contribution is 2.30. The molecule has 2 N–H and O–H groups in total. The predicted molar refractivity (Wildman–Crippen MR) is 37.8 cm³/mol. The minimum Gasteiger partial charge on any atom is -0.166 e. The van der Waals surface area contributed by atoms with Gasteiger partial charge in [0, 0.05) is 12.1 Å². The van der Waals surface area contributed by atoms with E-state index in [0.717, 1.165) is 12.1 Å². The number of benzene rings is 1. The number of hydrogen-bond acceptors (Lipinski definition) is 1. The van der Waals surface area contributed by atoms with E-state index in [1.165, 1.54) is 0 Å². The topological polar surface area (TPSA) is 46.1 Å². The molecule has 0 bridgehead atoms. The molecular weight excluding hydrogens is 185 g/mol. The highest BCUT2D eigenvalue weighted by atomic mass is 19.4. The molecule has 0 spiro atoms. The van der Waals surface area contributed by atoms with E-state index in [4.69, 9.17) is 5.84 Å². The Morgan fingerprint density at radius 3 is 2.54 bits per heavy atom. The minimum absolute atomic E-state index is 0.136. The Kier molecular flexibility index (Phi) is 2.22. The summed E-state index contributed by atoms with van der Waals surface area (Å²) in [6, 6.07) is 4.73. The van der Waals surface area contributed by atoms with Crippen LogP contribution in [0.3, 0.4) is 0 Å². The molecule has 3 nitrogen and oxygen atoms in total. The number of nitrogens with zero attached hydrogens (tertiary/aromatic N) is 1. The van der Waals surface area contributed by atoms with Crippen LogP contribution >= 0.6 is 0 Å². The molecule has 1 aromatic carbocycles. The maximum Gasteiger partial charge on any atom is 0.417 e. The molecule has 1 aromatic rings. The van der Waals surface area contributed by atoms with Crippen molar-refractivity contribution in [3.05, 3.63) is 34.7 Å². The van der Waals surface area contributed by atoms with Crippen LogP contribution in [0.2, 0.25) is 0 Å². The highest BCUT2D eigenvalue weighted by molar-refractivity contribution is 5.34. The Morgan fingerprint density at radius 1 is 1.46 bits per heavy atom. The summed E-state index contributed by atoms with van der Waals surface area (Å²) in [6.07, 6.45) is -4.51. The Bertz CT molecular complexity index is 335. The number of rotatable bonds is 1. The van der Waals surface area contributed by atoms with Gasteiger partial charge in [-0.2, -0.15) is 19.0 Å². The van der Waals surface area contributed by atoms with Gasteiger partial charge in [0.1, 0.15) is 0 Å². The first-order valence-corrected chi connectivity index (χ1v) is 3.22. The summed E-state index contributed by atoms with van der Waals surface area (Å²) in [5.74, 6) is 4.72. The van der Waals surface area contributed by atoms with E-state index < -0.39 is 11.7 Å². The van der Waals surface area contributed by atoms with Crippen LogP contribution in [-0.2, 0) is 6.18 Å². The van der Waals surface area contributed by atoms with Crippen LogP contribution in [0.5, 0.6) is 0 Å². The molecule has 0 heterocycles. The second-order valence-corrected chi connectivity index (χ2v) is 2.28. The molecular formula is C7H5F3N2O+. The first-order valence-electron chi connectivity index (χ1n) is 3.22. The van der Waals surface area contributed by atoms with E-state index in [2.05, 4.69) is 0 Å². The van der Waals surface area contributed by atoms with E-state index in [1.54, 1.807) is 0 Å². The molecule has 13 heavy (non-hydrogen) atoms. The summed E-state index contributed by atoms with van der Waals surface area (Å²) < 4.78 is 36.1. The molecule has 0 fully saturated rings. The lowest BCUT2D eigenvalue weighted by atomic mass is 10.2. The van der Waals surface area contributed by atoms with Gasteiger partial charge in [-0.25, -0.2) is 0 Å². The minimum atomic E-state index is -4.51. The highest BCUT2D eigenvalue weighted by Gasteiger charge is 2.32. The fraction of sp³-hybridized carbons (Fsp3) is 0.143. The quantitative estimate of drug-likeness (QED) is 0.417. The third kappa shape index (κ3) is 2.17. The fourth-order valence-electron chi connectivity index (χ4n) is 0.755. The maximum absolute atomic E-state index is 12.0. The summed E-state index contributed by atoms with van der Waals surface area (Å²) in [6.45, 7) is 0. The zero-order valence-corrected chi connectivity index (χ0v) is 6.30. The van der Waals surface area contributed by atoms with Gasteiger partial charge in [0.2, 0.25) is 0 Å². The summed E-state index contributed by atoms with van der Waals surface area (Å²) in [4.78, 5) is 10.3. The molecule has 6 heteroatoms. The van der Waals surface area contributed by atoms with Crippen LogP contribution < -0.4 is 5.84 Å². The van der Waals surface area contributed by atoms with Crippen molar-refractivity contribution in [3.63, 3.8) is 0 Å². The molecule has 1 rings (SSSR count). The lowest BCUT2D eigenvalue weighted by Crippen LogP contribution is -2.11. The number of halogens is 3. The predicted octanol–water partition coefficient (Wildman–Crippen LogP) is 1.79. The first kappa shape index (κ1) is 9.50. The van der Waals surface area contributed by atoms with E-state index >= 15 is 0 Å². The van der Waals surface area contributed by atoms with Gasteiger partial charge in [0.25, 0.3) is 5.69 Å². The van der Waals surface area contributed by atoms with Crippen LogP contribution in [-0.4, -0.2) is 4.87 Å². The molecule has 69 valence electrons. The third-order valence-electron chi connectivity index (χ3n) is 1.35. The third-order valence-corrected chi connectivity index (χ3v) is 1.35. The van der Waals surface area contributed by atoms with Crippen LogP contribution in [0.25, 0.3) is 0 Å². The van der Waals surface area contributed by atoms with Crippen molar-refractivity contribution in [3.8, 4) is 0 Å². The van der Waals surface area contributed by atoms with Gasteiger partial charge in [-0.15, -0.1) is 0 Å². The van der Waals surface area contributed by atoms with Gasteiger partial charge in [0.15, 0.2) is 4.87 Å². The van der Waals surface area contributed by atoms with E-state index in [1.807, 2.05) is 6.07 Å². The normalized spacial score (nSPS) is 11.3. The van der Waals surface area contributed by atoms with Crippen molar-refractivity contribution in [2.45, 2.75) is 6.18 Å². The Hall–Kier alpha value is -1.59. The lowest BCUT2D eigenvalue weighted by molar-refractivity contribution is -0.474. The monoisotopic (exact) mass is 190 g/mol. The van der Waals surface area contributed by atoms with Gasteiger partial charge in [-0.05, 0) is 12.1 Å². The van der Waals surface area contributed by atoms with Gasteiger partial charge in [-0.3, -0.25) is 0 Å². The molecule has 0 aliphatic carbocycles. The van der Waals surface area contributed by atoms with Crippen molar-refractivity contribution >= 4 is 5.69 Å². The summed E-state index contributed by atoms with van der Waals surface area (Å²) in [7, 11) is 0. The van der Waals surface area contributed by atoms with Crippen LogP contribution in [0.4, 0.5) is 18.9 Å². The van der Waals surface area contributed by atoms with Crippen molar-refractivity contribution in [2.24, 2.45) is 5.84 Å². The van der Waals surface area contributed by atoms with Gasteiger partial charge >= 0.3 is 6.18 Å². The lowest BCUT2D eigenvalue weighted by Gasteiger charge is -2.03. The van der Waals surface area contributed by atoms with Crippen molar-refractivity contribution in [2.75, 3.05) is 0 Å². The molecule has 0 aliphatic heterocycles. The Morgan fingerprint density at radius 2 is 2.08 bits per heavy atom. The van der Waals surface area contributed by atoms with Crippen molar-refractivity contribution in [1.29, 1.82) is 0 Å². The molecule has 0 saturated carbocycles. The van der Waals surface area contributed by atoms with Crippen molar-refractivity contribution in [1.82, 2.24) is 0 Å². The molecule has 0 saturated heterocycles. The number of alkyl halides is 3. The van der Waals surface area contributed by atoms with E-state index in [0.29, 0.717) is 6.07 Å². The number of nitrogens with two attached hydrogens (primary N) is 1. The summed E-state index contributed by atoms with van der Waals surface area (Å²) in [5.41, 5.74) is -1.28. The maximum atomic E-state index is 12.0. The number of hydrogen-bond donors (Lipinski definition) is 1. The molecule has 0 unspecified atom stereocenters.